The van der Waals surface area contributed by atoms with Crippen LogP contribution in [0, 0.1) is 0 Å². The van der Waals surface area contributed by atoms with Crippen molar-refractivity contribution in [2.24, 2.45) is 0 Å². The number of benzene rings is 2. The van der Waals surface area contributed by atoms with Crippen molar-refractivity contribution in [2.45, 2.75) is 6.10 Å². The van der Waals surface area contributed by atoms with Crippen molar-refractivity contribution in [3.63, 3.8) is 0 Å². The maximum absolute atomic E-state index is 13.2. The molecule has 7 nitrogen and oxygen atoms in total. The second-order valence-corrected chi connectivity index (χ2v) is 7.91. The molecule has 1 fully saturated rings. The third-order valence-corrected chi connectivity index (χ3v) is 6.00. The Balaban J connectivity index is 1.55. The Morgan fingerprint density at radius 2 is 1.61 bits per heavy atom. The van der Waals surface area contributed by atoms with Crippen LogP contribution >= 0.6 is 11.6 Å². The number of carbonyl (C=O) groups excluding carboxylic acids is 1. The highest BCUT2D eigenvalue weighted by molar-refractivity contribution is 6.33. The average molecular weight is 472 g/mol. The SMILES string of the molecule is COc1cc(-c2ccc(C(=O)C(OC)c3ccc(N4CCOCC4)cc3)o2)cc(OC)c1Cl. The predicted molar refractivity (Wildman–Crippen MR) is 126 cm³/mol. The molecule has 3 aromatic rings. The van der Waals surface area contributed by atoms with E-state index in [2.05, 4.69) is 4.90 Å². The van der Waals surface area contributed by atoms with Crippen molar-refractivity contribution in [2.75, 3.05) is 52.5 Å². The fraction of sp³-hybridized carbons (Fsp3) is 0.320. The number of halogens is 1. The summed E-state index contributed by atoms with van der Waals surface area (Å²) < 4.78 is 27.5. The highest BCUT2D eigenvalue weighted by Gasteiger charge is 2.25. The van der Waals surface area contributed by atoms with Crippen LogP contribution in [0.4, 0.5) is 5.69 Å². The van der Waals surface area contributed by atoms with E-state index in [0.717, 1.165) is 24.3 Å². The Kier molecular flexibility index (Phi) is 7.23. The lowest BCUT2D eigenvalue weighted by molar-refractivity contribution is 0.0577. The number of ketones is 1. The standard InChI is InChI=1S/C25H26ClNO6/c1-29-21-14-17(15-22(30-2)23(21)26)19-8-9-20(33-19)24(28)25(31-3)16-4-6-18(7-5-16)27-10-12-32-13-11-27/h4-9,14-15,25H,10-13H2,1-3H3. The van der Waals surface area contributed by atoms with E-state index in [4.69, 9.17) is 35.0 Å². The molecule has 8 heteroatoms. The maximum Gasteiger partial charge on any atom is 0.231 e. The van der Waals surface area contributed by atoms with Gasteiger partial charge < -0.3 is 28.3 Å². The van der Waals surface area contributed by atoms with Crippen molar-refractivity contribution in [1.29, 1.82) is 0 Å². The molecule has 1 unspecified atom stereocenters. The summed E-state index contributed by atoms with van der Waals surface area (Å²) in [7, 11) is 4.56. The second kappa shape index (κ2) is 10.3. The molecule has 0 saturated carbocycles. The molecule has 0 aliphatic carbocycles. The average Bonchev–Trinajstić information content (AvgIpc) is 3.36. The number of Topliss-reactive ketones (excluding diaryl/α,β-unsaturated/α-hetero) is 1. The molecule has 0 bridgehead atoms. The zero-order valence-electron chi connectivity index (χ0n) is 18.8. The highest BCUT2D eigenvalue weighted by Crippen LogP contribution is 2.39. The van der Waals surface area contributed by atoms with Gasteiger partial charge in [-0.2, -0.15) is 0 Å². The monoisotopic (exact) mass is 471 g/mol. The van der Waals surface area contributed by atoms with Crippen LogP contribution < -0.4 is 14.4 Å². The number of methoxy groups -OCH3 is 3. The molecule has 1 aliphatic heterocycles. The second-order valence-electron chi connectivity index (χ2n) is 7.53. The fourth-order valence-corrected chi connectivity index (χ4v) is 4.11. The molecule has 1 atom stereocenters. The summed E-state index contributed by atoms with van der Waals surface area (Å²) in [6.45, 7) is 3.13. The Morgan fingerprint density at radius 1 is 0.970 bits per heavy atom. The Bertz CT molecular complexity index is 1080. The molecule has 1 aromatic heterocycles. The van der Waals surface area contributed by atoms with Gasteiger partial charge in [-0.25, -0.2) is 0 Å². The van der Waals surface area contributed by atoms with Crippen LogP contribution in [-0.2, 0) is 9.47 Å². The van der Waals surface area contributed by atoms with Gasteiger partial charge in [0.1, 0.15) is 28.4 Å². The summed E-state index contributed by atoms with van der Waals surface area (Å²) in [5.41, 5.74) is 2.53. The van der Waals surface area contributed by atoms with E-state index in [1.165, 1.54) is 21.3 Å². The van der Waals surface area contributed by atoms with Crippen LogP contribution in [0.3, 0.4) is 0 Å². The lowest BCUT2D eigenvalue weighted by atomic mass is 10.0. The summed E-state index contributed by atoms with van der Waals surface area (Å²) in [5.74, 6) is 1.32. The molecule has 0 spiro atoms. The smallest absolute Gasteiger partial charge is 0.231 e. The largest absolute Gasteiger partial charge is 0.495 e. The number of rotatable bonds is 8. The number of hydrogen-bond donors (Lipinski definition) is 0. The van der Waals surface area contributed by atoms with Gasteiger partial charge in [0.25, 0.3) is 0 Å². The van der Waals surface area contributed by atoms with Crippen molar-refractivity contribution in [3.05, 3.63) is 64.9 Å². The van der Waals surface area contributed by atoms with E-state index in [1.54, 1.807) is 24.3 Å². The number of ether oxygens (including phenoxy) is 4. The van der Waals surface area contributed by atoms with Gasteiger partial charge in [0, 0.05) is 31.5 Å². The fourth-order valence-electron chi connectivity index (χ4n) is 3.84. The van der Waals surface area contributed by atoms with Crippen molar-refractivity contribution >= 4 is 23.1 Å². The van der Waals surface area contributed by atoms with Gasteiger partial charge in [-0.1, -0.05) is 23.7 Å². The maximum atomic E-state index is 13.2. The quantitative estimate of drug-likeness (QED) is 0.427. The first kappa shape index (κ1) is 23.2. The molecule has 4 rings (SSSR count). The van der Waals surface area contributed by atoms with Gasteiger partial charge >= 0.3 is 0 Å². The van der Waals surface area contributed by atoms with E-state index in [-0.39, 0.29) is 11.5 Å². The Labute approximate surface area is 197 Å². The van der Waals surface area contributed by atoms with Gasteiger partial charge in [0.2, 0.25) is 5.78 Å². The molecular formula is C25H26ClNO6. The van der Waals surface area contributed by atoms with Gasteiger partial charge in [0.05, 0.1) is 27.4 Å². The first-order chi connectivity index (χ1) is 16.0. The molecule has 0 N–H and O–H groups in total. The number of anilines is 1. The van der Waals surface area contributed by atoms with Crippen molar-refractivity contribution in [1.82, 2.24) is 0 Å². The Hall–Kier alpha value is -3.00. The summed E-state index contributed by atoms with van der Waals surface area (Å²) in [5, 5.41) is 0.367. The van der Waals surface area contributed by atoms with Crippen molar-refractivity contribution < 1.29 is 28.2 Å². The molecule has 33 heavy (non-hydrogen) atoms. The van der Waals surface area contributed by atoms with Crippen LogP contribution in [0.2, 0.25) is 5.02 Å². The van der Waals surface area contributed by atoms with Gasteiger partial charge in [-0.15, -0.1) is 0 Å². The minimum absolute atomic E-state index is 0.196. The summed E-state index contributed by atoms with van der Waals surface area (Å²) in [6.07, 6.45) is -0.781. The van der Waals surface area contributed by atoms with E-state index in [1.807, 2.05) is 24.3 Å². The molecule has 0 amide bonds. The van der Waals surface area contributed by atoms with Crippen LogP contribution in [0.15, 0.2) is 52.9 Å². The topological polar surface area (TPSA) is 70.4 Å². The third kappa shape index (κ3) is 4.85. The highest BCUT2D eigenvalue weighted by atomic mass is 35.5. The first-order valence-corrected chi connectivity index (χ1v) is 10.9. The molecule has 174 valence electrons. The van der Waals surface area contributed by atoms with E-state index in [9.17, 15) is 4.79 Å². The summed E-state index contributed by atoms with van der Waals surface area (Å²) in [6, 6.07) is 14.7. The van der Waals surface area contributed by atoms with Crippen LogP contribution in [0.1, 0.15) is 22.2 Å². The Morgan fingerprint density at radius 3 is 2.18 bits per heavy atom. The van der Waals surface area contributed by atoms with Crippen LogP contribution in [0.5, 0.6) is 11.5 Å². The molecule has 2 aromatic carbocycles. The van der Waals surface area contributed by atoms with E-state index >= 15 is 0 Å². The molecular weight excluding hydrogens is 446 g/mol. The van der Waals surface area contributed by atoms with Crippen LogP contribution in [-0.4, -0.2) is 53.4 Å². The number of hydrogen-bond acceptors (Lipinski definition) is 7. The molecule has 0 radical (unpaired) electrons. The van der Waals surface area contributed by atoms with Gasteiger partial charge in [-0.3, -0.25) is 4.79 Å². The van der Waals surface area contributed by atoms with E-state index < -0.39 is 6.10 Å². The lowest BCUT2D eigenvalue weighted by Crippen LogP contribution is -2.36. The molecule has 1 saturated heterocycles. The minimum Gasteiger partial charge on any atom is -0.495 e. The number of nitrogens with zero attached hydrogens (tertiary/aromatic N) is 1. The number of carbonyl (C=O) groups is 1. The normalized spacial score (nSPS) is 14.7. The van der Waals surface area contributed by atoms with Gasteiger partial charge in [0.15, 0.2) is 5.76 Å². The molecule has 1 aliphatic rings. The number of morpholine rings is 1. The zero-order chi connectivity index (χ0) is 23.4. The zero-order valence-corrected chi connectivity index (χ0v) is 19.6. The van der Waals surface area contributed by atoms with Crippen molar-refractivity contribution in [3.8, 4) is 22.8 Å². The number of furan rings is 1. The lowest BCUT2D eigenvalue weighted by Gasteiger charge is -2.29. The van der Waals surface area contributed by atoms with E-state index in [0.29, 0.717) is 41.1 Å². The third-order valence-electron chi connectivity index (χ3n) is 5.62. The minimum atomic E-state index is -0.781. The predicted octanol–water partition coefficient (Wildman–Crippen LogP) is 5.02. The van der Waals surface area contributed by atoms with Crippen LogP contribution in [0.25, 0.3) is 11.3 Å². The molecule has 2 heterocycles. The summed E-state index contributed by atoms with van der Waals surface area (Å²) in [4.78, 5) is 15.4. The first-order valence-electron chi connectivity index (χ1n) is 10.6. The summed E-state index contributed by atoms with van der Waals surface area (Å²) >= 11 is 6.25. The van der Waals surface area contributed by atoms with Gasteiger partial charge in [-0.05, 0) is 42.0 Å².